The molecule has 0 spiro atoms. The van der Waals surface area contributed by atoms with E-state index in [1.165, 1.54) is 24.4 Å². The molecule has 1 N–H and O–H groups in total. The van der Waals surface area contributed by atoms with E-state index >= 15 is 0 Å². The number of carboxylic acids is 1. The molecule has 0 saturated carbocycles. The maximum Gasteiger partial charge on any atom is 0.406 e. The lowest BCUT2D eigenvalue weighted by molar-refractivity contribution is -0.390. The molecule has 104 valence electrons. The molecular weight excluding hydrogens is 268 g/mol. The van der Waals surface area contributed by atoms with Crippen LogP contribution in [0.25, 0.3) is 0 Å². The molecule has 0 aliphatic carbocycles. The molecule has 2 heterocycles. The van der Waals surface area contributed by atoms with E-state index < -0.39 is 16.7 Å². The molecule has 8 nitrogen and oxygen atoms in total. The number of carbonyl (C=O) groups is 1. The van der Waals surface area contributed by atoms with E-state index in [1.807, 2.05) is 0 Å². The third-order valence-electron chi connectivity index (χ3n) is 2.54. The van der Waals surface area contributed by atoms with Crippen LogP contribution in [0.4, 0.5) is 5.82 Å². The number of furan rings is 1. The van der Waals surface area contributed by atoms with Crippen LogP contribution in [0.5, 0.6) is 5.75 Å². The zero-order valence-electron chi connectivity index (χ0n) is 10.4. The number of hydrogen-bond donors (Lipinski definition) is 1. The molecule has 0 bridgehead atoms. The van der Waals surface area contributed by atoms with Crippen molar-refractivity contribution in [1.29, 1.82) is 0 Å². The predicted octanol–water partition coefficient (Wildman–Crippen LogP) is 2.17. The number of aromatic nitrogens is 1. The van der Waals surface area contributed by atoms with Gasteiger partial charge in [0, 0.05) is 5.56 Å². The summed E-state index contributed by atoms with van der Waals surface area (Å²) in [6.45, 7) is 1.54. The molecule has 0 saturated heterocycles. The summed E-state index contributed by atoms with van der Waals surface area (Å²) in [7, 11) is 0. The molecule has 2 aromatic rings. The third kappa shape index (κ3) is 2.74. The fourth-order valence-corrected chi connectivity index (χ4v) is 1.56. The number of aromatic carboxylic acids is 1. The summed E-state index contributed by atoms with van der Waals surface area (Å²) < 4.78 is 10.3. The molecule has 2 aromatic heterocycles. The number of nitro groups is 1. The van der Waals surface area contributed by atoms with Crippen molar-refractivity contribution in [3.8, 4) is 5.75 Å². The van der Waals surface area contributed by atoms with E-state index in [-0.39, 0.29) is 18.1 Å². The Kier molecular flexibility index (Phi) is 3.65. The Bertz CT molecular complexity index is 664. The molecule has 0 radical (unpaired) electrons. The molecule has 0 aliphatic heterocycles. The van der Waals surface area contributed by atoms with E-state index in [0.717, 1.165) is 0 Å². The van der Waals surface area contributed by atoms with Crippen molar-refractivity contribution in [2.24, 2.45) is 0 Å². The van der Waals surface area contributed by atoms with Gasteiger partial charge in [0.2, 0.25) is 11.5 Å². The lowest BCUT2D eigenvalue weighted by Crippen LogP contribution is -2.00. The van der Waals surface area contributed by atoms with E-state index in [2.05, 4.69) is 4.98 Å². The first kappa shape index (κ1) is 13.5. The zero-order chi connectivity index (χ0) is 14.7. The number of hydrogen-bond acceptors (Lipinski definition) is 6. The molecule has 0 aromatic carbocycles. The van der Waals surface area contributed by atoms with Crippen molar-refractivity contribution in [2.75, 3.05) is 0 Å². The Morgan fingerprint density at radius 3 is 2.95 bits per heavy atom. The number of rotatable bonds is 5. The van der Waals surface area contributed by atoms with Crippen LogP contribution in [-0.2, 0) is 6.61 Å². The Morgan fingerprint density at radius 2 is 2.35 bits per heavy atom. The van der Waals surface area contributed by atoms with Gasteiger partial charge in [0.15, 0.2) is 0 Å². The first-order chi connectivity index (χ1) is 9.49. The van der Waals surface area contributed by atoms with E-state index in [4.69, 9.17) is 14.3 Å². The topological polar surface area (TPSA) is 116 Å². The SMILES string of the molecule is Cc1oc(C(=O)O)cc1COc1cccnc1[N+](=O)[O-]. The lowest BCUT2D eigenvalue weighted by atomic mass is 10.2. The Morgan fingerprint density at radius 1 is 1.60 bits per heavy atom. The summed E-state index contributed by atoms with van der Waals surface area (Å²) in [5, 5.41) is 19.6. The van der Waals surface area contributed by atoms with Gasteiger partial charge < -0.3 is 24.4 Å². The van der Waals surface area contributed by atoms with Crippen LogP contribution in [0.2, 0.25) is 0 Å². The van der Waals surface area contributed by atoms with Crippen molar-refractivity contribution in [1.82, 2.24) is 4.98 Å². The normalized spacial score (nSPS) is 10.2. The van der Waals surface area contributed by atoms with Crippen LogP contribution in [-0.4, -0.2) is 21.0 Å². The highest BCUT2D eigenvalue weighted by Gasteiger charge is 2.18. The Balaban J connectivity index is 2.17. The molecule has 0 amide bonds. The highest BCUT2D eigenvalue weighted by atomic mass is 16.6. The number of carboxylic acid groups (broad SMARTS) is 1. The molecule has 0 fully saturated rings. The quantitative estimate of drug-likeness (QED) is 0.658. The highest BCUT2D eigenvalue weighted by molar-refractivity contribution is 5.84. The Hall–Kier alpha value is -2.90. The second-order valence-corrected chi connectivity index (χ2v) is 3.87. The summed E-state index contributed by atoms with van der Waals surface area (Å²) in [6, 6.07) is 4.24. The van der Waals surface area contributed by atoms with Gasteiger partial charge in [-0.25, -0.2) is 4.79 Å². The average molecular weight is 278 g/mol. The molecule has 0 atom stereocenters. The summed E-state index contributed by atoms with van der Waals surface area (Å²) in [6.07, 6.45) is 1.29. The van der Waals surface area contributed by atoms with Gasteiger partial charge in [-0.1, -0.05) is 0 Å². The van der Waals surface area contributed by atoms with Gasteiger partial charge in [0.25, 0.3) is 0 Å². The fraction of sp³-hybridized carbons (Fsp3) is 0.167. The fourth-order valence-electron chi connectivity index (χ4n) is 1.56. The second-order valence-electron chi connectivity index (χ2n) is 3.87. The van der Waals surface area contributed by atoms with Gasteiger partial charge in [-0.3, -0.25) is 0 Å². The minimum Gasteiger partial charge on any atom is -0.481 e. The number of aryl methyl sites for hydroxylation is 1. The first-order valence-corrected chi connectivity index (χ1v) is 5.54. The van der Waals surface area contributed by atoms with E-state index in [0.29, 0.717) is 11.3 Å². The van der Waals surface area contributed by atoms with E-state index in [1.54, 1.807) is 6.92 Å². The summed E-state index contributed by atoms with van der Waals surface area (Å²) in [5.41, 5.74) is 0.501. The van der Waals surface area contributed by atoms with Crippen LogP contribution < -0.4 is 4.74 Å². The maximum absolute atomic E-state index is 10.8. The summed E-state index contributed by atoms with van der Waals surface area (Å²) in [5.74, 6) is -1.40. The second kappa shape index (κ2) is 5.39. The molecule has 0 unspecified atom stereocenters. The summed E-state index contributed by atoms with van der Waals surface area (Å²) >= 11 is 0. The van der Waals surface area contributed by atoms with Crippen LogP contribution in [0.15, 0.2) is 28.8 Å². The van der Waals surface area contributed by atoms with Crippen LogP contribution in [0.3, 0.4) is 0 Å². The number of ether oxygens (including phenoxy) is 1. The van der Waals surface area contributed by atoms with Gasteiger partial charge >= 0.3 is 11.8 Å². The van der Waals surface area contributed by atoms with E-state index in [9.17, 15) is 14.9 Å². The smallest absolute Gasteiger partial charge is 0.406 e. The predicted molar refractivity (Wildman–Crippen MR) is 65.6 cm³/mol. The third-order valence-corrected chi connectivity index (χ3v) is 2.54. The highest BCUT2D eigenvalue weighted by Crippen LogP contribution is 2.25. The minimum atomic E-state index is -1.19. The van der Waals surface area contributed by atoms with Gasteiger partial charge in [-0.05, 0) is 35.0 Å². The molecular formula is C12H10N2O6. The van der Waals surface area contributed by atoms with Crippen molar-refractivity contribution in [2.45, 2.75) is 13.5 Å². The maximum atomic E-state index is 10.8. The van der Waals surface area contributed by atoms with Gasteiger partial charge in [0.05, 0.1) is 0 Å². The van der Waals surface area contributed by atoms with Crippen LogP contribution in [0, 0.1) is 17.0 Å². The van der Waals surface area contributed by atoms with Crippen molar-refractivity contribution >= 4 is 11.8 Å². The largest absolute Gasteiger partial charge is 0.481 e. The van der Waals surface area contributed by atoms with Crippen molar-refractivity contribution in [3.05, 3.63) is 51.6 Å². The molecule has 0 aliphatic rings. The van der Waals surface area contributed by atoms with Gasteiger partial charge in [-0.2, -0.15) is 0 Å². The van der Waals surface area contributed by atoms with Gasteiger partial charge in [0.1, 0.15) is 18.6 Å². The summed E-state index contributed by atoms with van der Waals surface area (Å²) in [4.78, 5) is 24.5. The zero-order valence-corrected chi connectivity index (χ0v) is 10.4. The van der Waals surface area contributed by atoms with Crippen molar-refractivity contribution in [3.63, 3.8) is 0 Å². The minimum absolute atomic E-state index is 0.00924. The average Bonchev–Trinajstić information content (AvgIpc) is 2.78. The lowest BCUT2D eigenvalue weighted by Gasteiger charge is -2.04. The first-order valence-electron chi connectivity index (χ1n) is 5.54. The number of nitrogens with zero attached hydrogens (tertiary/aromatic N) is 2. The van der Waals surface area contributed by atoms with Crippen molar-refractivity contribution < 1.29 is 24.0 Å². The monoisotopic (exact) mass is 278 g/mol. The van der Waals surface area contributed by atoms with Crippen LogP contribution >= 0.6 is 0 Å². The Labute approximate surface area is 112 Å². The molecule has 20 heavy (non-hydrogen) atoms. The number of pyridine rings is 1. The van der Waals surface area contributed by atoms with Crippen LogP contribution in [0.1, 0.15) is 21.9 Å². The molecule has 2 rings (SSSR count). The molecule has 8 heteroatoms. The standard InChI is InChI=1S/C12H10N2O6/c1-7-8(5-10(20-7)12(15)16)6-19-9-3-2-4-13-11(9)14(17)18/h2-5H,6H2,1H3,(H,15,16). The van der Waals surface area contributed by atoms with Gasteiger partial charge in [-0.15, -0.1) is 0 Å².